The van der Waals surface area contributed by atoms with Crippen LogP contribution in [-0.4, -0.2) is 46.9 Å². The van der Waals surface area contributed by atoms with Crippen molar-refractivity contribution in [2.75, 3.05) is 13.1 Å². The lowest BCUT2D eigenvalue weighted by atomic mass is 10.0. The predicted octanol–water partition coefficient (Wildman–Crippen LogP) is 2.01. The molecule has 2 aliphatic heterocycles. The van der Waals surface area contributed by atoms with Gasteiger partial charge in [-0.05, 0) is 44.5 Å². The van der Waals surface area contributed by atoms with E-state index in [1.807, 2.05) is 0 Å². The van der Waals surface area contributed by atoms with E-state index in [-0.39, 0.29) is 17.2 Å². The van der Waals surface area contributed by atoms with E-state index in [4.69, 9.17) is 4.84 Å². The Morgan fingerprint density at radius 1 is 1.17 bits per heavy atom. The Bertz CT molecular complexity index is 606. The molecule has 1 aromatic carbocycles. The summed E-state index contributed by atoms with van der Waals surface area (Å²) in [4.78, 5) is 44.2. The molecule has 1 saturated heterocycles. The second kappa shape index (κ2) is 6.50. The fraction of sp³-hybridized carbons (Fsp3) is 0.471. The maximum absolute atomic E-state index is 12.5. The van der Waals surface area contributed by atoms with E-state index in [0.29, 0.717) is 11.5 Å². The average molecular weight is 316 g/mol. The van der Waals surface area contributed by atoms with Gasteiger partial charge in [0.25, 0.3) is 11.8 Å². The van der Waals surface area contributed by atoms with E-state index in [1.165, 1.54) is 0 Å². The van der Waals surface area contributed by atoms with E-state index in [0.717, 1.165) is 32.4 Å². The van der Waals surface area contributed by atoms with Gasteiger partial charge in [-0.25, -0.2) is 4.79 Å². The van der Waals surface area contributed by atoms with Crippen LogP contribution in [-0.2, 0) is 9.63 Å². The van der Waals surface area contributed by atoms with Gasteiger partial charge in [0.1, 0.15) is 6.04 Å². The number of carbonyl (C=O) groups excluding carboxylic acids is 3. The Morgan fingerprint density at radius 3 is 2.43 bits per heavy atom. The minimum absolute atomic E-state index is 0.277. The van der Waals surface area contributed by atoms with Crippen molar-refractivity contribution in [3.05, 3.63) is 35.4 Å². The van der Waals surface area contributed by atoms with Gasteiger partial charge in [0, 0.05) is 0 Å². The lowest BCUT2D eigenvalue weighted by molar-refractivity contribution is -0.176. The minimum atomic E-state index is -0.572. The Balaban J connectivity index is 1.73. The second-order valence-corrected chi connectivity index (χ2v) is 5.91. The molecule has 1 fully saturated rings. The van der Waals surface area contributed by atoms with Crippen LogP contribution in [0.2, 0.25) is 0 Å². The molecule has 0 saturated carbocycles. The van der Waals surface area contributed by atoms with Gasteiger partial charge in [0.15, 0.2) is 0 Å². The van der Waals surface area contributed by atoms with Crippen LogP contribution in [0.4, 0.5) is 0 Å². The van der Waals surface area contributed by atoms with E-state index in [9.17, 15) is 14.4 Å². The van der Waals surface area contributed by atoms with Crippen molar-refractivity contribution in [1.29, 1.82) is 0 Å². The molecular weight excluding hydrogens is 296 g/mol. The number of likely N-dealkylation sites (tertiary alicyclic amines) is 1. The Labute approximate surface area is 135 Å². The van der Waals surface area contributed by atoms with Crippen molar-refractivity contribution >= 4 is 17.8 Å². The van der Waals surface area contributed by atoms with Crippen LogP contribution in [0.3, 0.4) is 0 Å². The lowest BCUT2D eigenvalue weighted by Gasteiger charge is -2.33. The van der Waals surface area contributed by atoms with Gasteiger partial charge in [0.2, 0.25) is 0 Å². The molecule has 0 radical (unpaired) electrons. The molecule has 6 heteroatoms. The van der Waals surface area contributed by atoms with Gasteiger partial charge >= 0.3 is 5.97 Å². The lowest BCUT2D eigenvalue weighted by Crippen LogP contribution is -2.48. The number of amides is 2. The summed E-state index contributed by atoms with van der Waals surface area (Å²) in [5.74, 6) is -1.67. The molecule has 1 aromatic rings. The summed E-state index contributed by atoms with van der Waals surface area (Å²) in [6.07, 6.45) is 3.64. The van der Waals surface area contributed by atoms with Crippen LogP contribution < -0.4 is 0 Å². The van der Waals surface area contributed by atoms with Crippen molar-refractivity contribution in [3.8, 4) is 0 Å². The number of hydrogen-bond acceptors (Lipinski definition) is 5. The molecule has 0 aromatic heterocycles. The molecule has 23 heavy (non-hydrogen) atoms. The fourth-order valence-corrected chi connectivity index (χ4v) is 3.21. The Morgan fingerprint density at radius 2 is 1.83 bits per heavy atom. The molecule has 0 aliphatic carbocycles. The average Bonchev–Trinajstić information content (AvgIpc) is 2.81. The molecular formula is C17H20N2O4. The number of piperidine rings is 1. The quantitative estimate of drug-likeness (QED) is 0.795. The Kier molecular flexibility index (Phi) is 4.43. The topological polar surface area (TPSA) is 66.9 Å². The first-order chi connectivity index (χ1) is 11.1. The van der Waals surface area contributed by atoms with E-state index < -0.39 is 17.8 Å². The molecule has 3 rings (SSSR count). The number of hydroxylamine groups is 2. The van der Waals surface area contributed by atoms with Gasteiger partial charge < -0.3 is 4.84 Å². The van der Waals surface area contributed by atoms with Crippen molar-refractivity contribution in [3.63, 3.8) is 0 Å². The van der Waals surface area contributed by atoms with Crippen molar-refractivity contribution in [2.45, 2.75) is 38.6 Å². The highest BCUT2D eigenvalue weighted by Crippen LogP contribution is 2.24. The molecule has 2 amide bonds. The first-order valence-electron chi connectivity index (χ1n) is 8.07. The number of imide groups is 1. The SMILES string of the molecule is CCCN1CCCCC1C(=O)ON1C(=O)c2ccccc2C1=O. The molecule has 2 heterocycles. The zero-order chi connectivity index (χ0) is 16.4. The number of carbonyl (C=O) groups is 3. The number of fused-ring (bicyclic) bond motifs is 1. The van der Waals surface area contributed by atoms with Crippen molar-refractivity contribution < 1.29 is 19.2 Å². The third-order valence-corrected chi connectivity index (χ3v) is 4.33. The number of hydrogen-bond donors (Lipinski definition) is 0. The van der Waals surface area contributed by atoms with Gasteiger partial charge in [-0.1, -0.05) is 30.5 Å². The van der Waals surface area contributed by atoms with Gasteiger partial charge in [-0.2, -0.15) is 0 Å². The molecule has 0 spiro atoms. The van der Waals surface area contributed by atoms with Crippen LogP contribution in [0.25, 0.3) is 0 Å². The third kappa shape index (κ3) is 2.86. The minimum Gasteiger partial charge on any atom is -0.328 e. The first kappa shape index (κ1) is 15.7. The largest absolute Gasteiger partial charge is 0.350 e. The molecule has 2 aliphatic rings. The van der Waals surface area contributed by atoms with Gasteiger partial charge in [-0.15, -0.1) is 0 Å². The molecule has 6 nitrogen and oxygen atoms in total. The van der Waals surface area contributed by atoms with Crippen LogP contribution in [0.15, 0.2) is 24.3 Å². The second-order valence-electron chi connectivity index (χ2n) is 5.91. The molecule has 122 valence electrons. The van der Waals surface area contributed by atoms with Crippen LogP contribution >= 0.6 is 0 Å². The number of nitrogens with zero attached hydrogens (tertiary/aromatic N) is 2. The van der Waals surface area contributed by atoms with Crippen LogP contribution in [0.5, 0.6) is 0 Å². The zero-order valence-electron chi connectivity index (χ0n) is 13.2. The van der Waals surface area contributed by atoms with Crippen molar-refractivity contribution in [1.82, 2.24) is 9.96 Å². The van der Waals surface area contributed by atoms with Crippen LogP contribution in [0.1, 0.15) is 53.3 Å². The van der Waals surface area contributed by atoms with Crippen molar-refractivity contribution in [2.24, 2.45) is 0 Å². The summed E-state index contributed by atoms with van der Waals surface area (Å²) in [5, 5.41) is 0.603. The van der Waals surface area contributed by atoms with Gasteiger partial charge in [-0.3, -0.25) is 14.5 Å². The highest BCUT2D eigenvalue weighted by atomic mass is 16.7. The number of benzene rings is 1. The summed E-state index contributed by atoms with van der Waals surface area (Å²) in [6.45, 7) is 3.71. The predicted molar refractivity (Wildman–Crippen MR) is 82.5 cm³/mol. The summed E-state index contributed by atoms with van der Waals surface area (Å²) in [5.41, 5.74) is 0.554. The monoisotopic (exact) mass is 316 g/mol. The smallest absolute Gasteiger partial charge is 0.328 e. The summed E-state index contributed by atoms with van der Waals surface area (Å²) in [7, 11) is 0. The fourth-order valence-electron chi connectivity index (χ4n) is 3.21. The van der Waals surface area contributed by atoms with Crippen LogP contribution in [0, 0.1) is 0 Å². The zero-order valence-corrected chi connectivity index (χ0v) is 13.2. The highest BCUT2D eigenvalue weighted by Gasteiger charge is 2.40. The molecule has 0 N–H and O–H groups in total. The normalized spacial score (nSPS) is 21.4. The summed E-state index contributed by atoms with van der Waals surface area (Å²) < 4.78 is 0. The van der Waals surface area contributed by atoms with Gasteiger partial charge in [0.05, 0.1) is 11.1 Å². The summed E-state index contributed by atoms with van der Waals surface area (Å²) in [6, 6.07) is 6.10. The maximum Gasteiger partial charge on any atom is 0.350 e. The molecule has 0 bridgehead atoms. The molecule has 1 atom stereocenters. The van der Waals surface area contributed by atoms with E-state index >= 15 is 0 Å². The molecule has 1 unspecified atom stereocenters. The van der Waals surface area contributed by atoms with E-state index in [1.54, 1.807) is 24.3 Å². The summed E-state index contributed by atoms with van der Waals surface area (Å²) >= 11 is 0. The Hall–Kier alpha value is -2.21. The highest BCUT2D eigenvalue weighted by molar-refractivity contribution is 6.20. The first-order valence-corrected chi connectivity index (χ1v) is 8.07. The third-order valence-electron chi connectivity index (χ3n) is 4.33. The standard InChI is InChI=1S/C17H20N2O4/c1-2-10-18-11-6-5-9-14(18)17(22)23-19-15(20)12-7-3-4-8-13(12)16(19)21/h3-4,7-8,14H,2,5-6,9-11H2,1H3. The maximum atomic E-state index is 12.5. The van der Waals surface area contributed by atoms with E-state index in [2.05, 4.69) is 11.8 Å². The number of rotatable bonds is 4.